The van der Waals surface area contributed by atoms with Crippen LogP contribution in [-0.4, -0.2) is 52.4 Å². The highest BCUT2D eigenvalue weighted by molar-refractivity contribution is 6.58. The van der Waals surface area contributed by atoms with Crippen molar-refractivity contribution in [2.75, 3.05) is 24.4 Å². The molecule has 2 aromatic carbocycles. The number of hydrogen-bond acceptors (Lipinski definition) is 9. The van der Waals surface area contributed by atoms with E-state index in [0.717, 1.165) is 23.2 Å². The molecule has 3 N–H and O–H groups in total. The molecule has 0 aliphatic carbocycles. The average Bonchev–Trinajstić information content (AvgIpc) is 3.14. The zero-order chi connectivity index (χ0) is 22.7. The van der Waals surface area contributed by atoms with Gasteiger partial charge in [0.25, 0.3) is 0 Å². The molecule has 0 spiro atoms. The molecule has 0 fully saturated rings. The number of nitrogens with zero attached hydrogens (tertiary/aromatic N) is 4. The van der Waals surface area contributed by atoms with Crippen LogP contribution >= 0.6 is 0 Å². The molecule has 1 aliphatic rings. The molecule has 0 amide bonds. The van der Waals surface area contributed by atoms with Gasteiger partial charge < -0.3 is 29.7 Å². The van der Waals surface area contributed by atoms with Crippen molar-refractivity contribution < 1.29 is 19.5 Å². The predicted molar refractivity (Wildman–Crippen MR) is 122 cm³/mol. The van der Waals surface area contributed by atoms with E-state index in [1.165, 1.54) is 12.7 Å². The number of anilines is 3. The summed E-state index contributed by atoms with van der Waals surface area (Å²) < 4.78 is 10.7. The van der Waals surface area contributed by atoms with E-state index in [2.05, 4.69) is 44.2 Å². The lowest BCUT2D eigenvalue weighted by atomic mass is 9.80. The summed E-state index contributed by atoms with van der Waals surface area (Å²) in [6.45, 7) is 3.08. The average molecular weight is 435 g/mol. The zero-order valence-corrected chi connectivity index (χ0v) is 18.3. The Morgan fingerprint density at radius 3 is 2.69 bits per heavy atom. The summed E-state index contributed by atoms with van der Waals surface area (Å²) in [6.07, 6.45) is 0.863. The molecule has 166 valence electrons. The Hall–Kier alpha value is -3.21. The summed E-state index contributed by atoms with van der Waals surface area (Å²) in [5, 5.41) is 22.0. The van der Waals surface area contributed by atoms with Gasteiger partial charge in [-0.15, -0.1) is 0 Å². The molecule has 9 nitrogen and oxygen atoms in total. The molecule has 2 heterocycles. The second-order valence-corrected chi connectivity index (χ2v) is 7.69. The van der Waals surface area contributed by atoms with E-state index in [9.17, 15) is 10.0 Å². The maximum absolute atomic E-state index is 9.39. The molecule has 10 heteroatoms. The van der Waals surface area contributed by atoms with Crippen molar-refractivity contribution in [2.45, 2.75) is 32.5 Å². The molecule has 1 atom stereocenters. The lowest BCUT2D eigenvalue weighted by Gasteiger charge is -2.23. The summed E-state index contributed by atoms with van der Waals surface area (Å²) >= 11 is 0. The van der Waals surface area contributed by atoms with Crippen molar-refractivity contribution >= 4 is 30.2 Å². The quantitative estimate of drug-likeness (QED) is 0.452. The standard InChI is InChI=1S/C22H26BN5O4/c1-14-10-18-16(13-31-2)7-5-9-19(18)28(14)21-25-20(26-22(27-21)32-3)24-12-15-6-4-8-17(11-15)23(29)30/h4-9,11,14,29-30H,10,12-13H2,1-3H3,(H,24,25,26,27). The molecule has 1 aliphatic heterocycles. The number of fused-ring (bicyclic) bond motifs is 1. The van der Waals surface area contributed by atoms with Crippen LogP contribution in [0.1, 0.15) is 23.6 Å². The van der Waals surface area contributed by atoms with Gasteiger partial charge in [-0.05, 0) is 41.6 Å². The number of ether oxygens (including phenoxy) is 2. The first-order chi connectivity index (χ1) is 15.5. The SMILES string of the molecule is COCc1cccc2c1CC(C)N2c1nc(NCc2cccc(B(O)O)c2)nc(OC)n1. The van der Waals surface area contributed by atoms with Crippen molar-refractivity contribution in [1.82, 2.24) is 15.0 Å². The summed E-state index contributed by atoms with van der Waals surface area (Å²) in [7, 11) is 1.70. The van der Waals surface area contributed by atoms with Gasteiger partial charge in [-0.3, -0.25) is 0 Å². The van der Waals surface area contributed by atoms with Crippen LogP contribution in [0.5, 0.6) is 6.01 Å². The van der Waals surface area contributed by atoms with Crippen LogP contribution in [0.15, 0.2) is 42.5 Å². The largest absolute Gasteiger partial charge is 0.488 e. The Bertz CT molecular complexity index is 1100. The van der Waals surface area contributed by atoms with E-state index in [1.54, 1.807) is 25.3 Å². The Morgan fingerprint density at radius 2 is 1.94 bits per heavy atom. The van der Waals surface area contributed by atoms with E-state index >= 15 is 0 Å². The molecule has 0 saturated heterocycles. The van der Waals surface area contributed by atoms with Crippen molar-refractivity contribution in [3.05, 3.63) is 59.2 Å². The lowest BCUT2D eigenvalue weighted by Crippen LogP contribution is -2.30. The third kappa shape index (κ3) is 4.52. The van der Waals surface area contributed by atoms with E-state index < -0.39 is 7.12 Å². The van der Waals surface area contributed by atoms with Crippen molar-refractivity contribution in [3.8, 4) is 6.01 Å². The second kappa shape index (κ2) is 9.52. The van der Waals surface area contributed by atoms with Crippen LogP contribution in [0.25, 0.3) is 0 Å². The van der Waals surface area contributed by atoms with Crippen LogP contribution < -0.4 is 20.4 Å². The molecule has 4 rings (SSSR count). The van der Waals surface area contributed by atoms with Gasteiger partial charge in [-0.1, -0.05) is 36.4 Å². The minimum absolute atomic E-state index is 0.158. The highest BCUT2D eigenvalue weighted by Crippen LogP contribution is 2.39. The minimum atomic E-state index is -1.52. The Kier molecular flexibility index (Phi) is 6.54. The third-order valence-corrected chi connectivity index (χ3v) is 5.45. The fraction of sp³-hybridized carbons (Fsp3) is 0.318. The van der Waals surface area contributed by atoms with Gasteiger partial charge in [0.15, 0.2) is 0 Å². The zero-order valence-electron chi connectivity index (χ0n) is 18.3. The first-order valence-electron chi connectivity index (χ1n) is 10.4. The highest BCUT2D eigenvalue weighted by Gasteiger charge is 2.31. The number of hydrogen-bond donors (Lipinski definition) is 3. The Labute approximate surface area is 187 Å². The molecular formula is C22H26BN5O4. The van der Waals surface area contributed by atoms with Crippen molar-refractivity contribution in [2.24, 2.45) is 0 Å². The second-order valence-electron chi connectivity index (χ2n) is 7.69. The van der Waals surface area contributed by atoms with E-state index in [4.69, 9.17) is 9.47 Å². The normalized spacial score (nSPS) is 14.9. The molecule has 1 aromatic heterocycles. The van der Waals surface area contributed by atoms with E-state index in [0.29, 0.717) is 30.5 Å². The molecule has 32 heavy (non-hydrogen) atoms. The number of rotatable bonds is 8. The number of benzene rings is 2. The van der Waals surface area contributed by atoms with Gasteiger partial charge in [-0.2, -0.15) is 15.0 Å². The Balaban J connectivity index is 1.62. The van der Waals surface area contributed by atoms with Crippen LogP contribution in [0.2, 0.25) is 0 Å². The van der Waals surface area contributed by atoms with Crippen LogP contribution in [-0.2, 0) is 24.3 Å². The fourth-order valence-corrected chi connectivity index (χ4v) is 3.97. The first-order valence-corrected chi connectivity index (χ1v) is 10.4. The maximum Gasteiger partial charge on any atom is 0.488 e. The van der Waals surface area contributed by atoms with Crippen LogP contribution in [0, 0.1) is 0 Å². The van der Waals surface area contributed by atoms with Crippen molar-refractivity contribution in [3.63, 3.8) is 0 Å². The topological polar surface area (TPSA) is 113 Å². The van der Waals surface area contributed by atoms with Gasteiger partial charge in [0.2, 0.25) is 11.9 Å². The van der Waals surface area contributed by atoms with E-state index in [-0.39, 0.29) is 12.1 Å². The van der Waals surface area contributed by atoms with Gasteiger partial charge in [0.1, 0.15) is 0 Å². The summed E-state index contributed by atoms with van der Waals surface area (Å²) in [6, 6.07) is 13.6. The van der Waals surface area contributed by atoms with E-state index in [1.807, 2.05) is 12.1 Å². The van der Waals surface area contributed by atoms with Crippen LogP contribution in [0.4, 0.5) is 17.6 Å². The number of aromatic nitrogens is 3. The number of methoxy groups -OCH3 is 2. The van der Waals surface area contributed by atoms with Crippen molar-refractivity contribution in [1.29, 1.82) is 0 Å². The minimum Gasteiger partial charge on any atom is -0.467 e. The third-order valence-electron chi connectivity index (χ3n) is 5.45. The first kappa shape index (κ1) is 22.0. The van der Waals surface area contributed by atoms with Gasteiger partial charge >= 0.3 is 13.1 Å². The predicted octanol–water partition coefficient (Wildman–Crippen LogP) is 1.40. The molecular weight excluding hydrogens is 409 g/mol. The maximum atomic E-state index is 9.39. The summed E-state index contributed by atoms with van der Waals surface area (Å²) in [5.74, 6) is 0.871. The van der Waals surface area contributed by atoms with Gasteiger partial charge in [0, 0.05) is 25.4 Å². The summed E-state index contributed by atoms with van der Waals surface area (Å²) in [5.41, 5.74) is 4.73. The lowest BCUT2D eigenvalue weighted by molar-refractivity contribution is 0.184. The fourth-order valence-electron chi connectivity index (χ4n) is 3.97. The molecule has 0 radical (unpaired) electrons. The van der Waals surface area contributed by atoms with Crippen LogP contribution in [0.3, 0.4) is 0 Å². The Morgan fingerprint density at radius 1 is 1.12 bits per heavy atom. The molecule has 0 saturated carbocycles. The van der Waals surface area contributed by atoms with Gasteiger partial charge in [-0.25, -0.2) is 0 Å². The highest BCUT2D eigenvalue weighted by atomic mass is 16.5. The monoisotopic (exact) mass is 435 g/mol. The molecule has 1 unspecified atom stereocenters. The number of nitrogens with one attached hydrogen (secondary N) is 1. The smallest absolute Gasteiger partial charge is 0.467 e. The summed E-state index contributed by atoms with van der Waals surface area (Å²) in [4.78, 5) is 15.6. The molecule has 0 bridgehead atoms. The van der Waals surface area contributed by atoms with Gasteiger partial charge in [0.05, 0.1) is 13.7 Å². The molecule has 3 aromatic rings.